The summed E-state index contributed by atoms with van der Waals surface area (Å²) in [4.78, 5) is 38.2. The van der Waals surface area contributed by atoms with Crippen molar-refractivity contribution in [1.29, 1.82) is 0 Å². The molecule has 0 aromatic rings. The van der Waals surface area contributed by atoms with Gasteiger partial charge in [0, 0.05) is 19.3 Å². The number of esters is 3. The number of carbonyl (C=O) groups excluding carboxylic acids is 3. The van der Waals surface area contributed by atoms with E-state index in [0.717, 1.165) is 103 Å². The minimum absolute atomic E-state index is 0.105. The monoisotopic (exact) mass is 1110 g/mol. The SMILES string of the molecule is CC/C=C\C/C=C\C/C=C\C/C=C\CCC(=O)OCC(COC(=O)CCCCCCCCCCCCCCCCCCCC/C=C\C/C=C\C/C=C\CCCCCCC)OC(=O)CCCCCCC/C=C\C/C=C\CCCCCC. The van der Waals surface area contributed by atoms with Gasteiger partial charge in [0.05, 0.1) is 0 Å². The molecular weight excluding hydrogens is 985 g/mol. The summed E-state index contributed by atoms with van der Waals surface area (Å²) in [7, 11) is 0. The van der Waals surface area contributed by atoms with Crippen LogP contribution < -0.4 is 0 Å². The molecule has 0 heterocycles. The second-order valence-corrected chi connectivity index (χ2v) is 22.3. The van der Waals surface area contributed by atoms with Gasteiger partial charge in [-0.2, -0.15) is 0 Å². The van der Waals surface area contributed by atoms with Crippen molar-refractivity contribution in [3.8, 4) is 0 Å². The Morgan fingerprint density at radius 1 is 0.263 bits per heavy atom. The van der Waals surface area contributed by atoms with Gasteiger partial charge >= 0.3 is 17.9 Å². The van der Waals surface area contributed by atoms with Crippen LogP contribution in [0.1, 0.15) is 323 Å². The van der Waals surface area contributed by atoms with Crippen LogP contribution in [0, 0.1) is 0 Å². The molecule has 0 aromatic carbocycles. The Morgan fingerprint density at radius 2 is 0.512 bits per heavy atom. The lowest BCUT2D eigenvalue weighted by atomic mass is 10.0. The Balaban J connectivity index is 4.20. The Kier molecular flexibility index (Phi) is 64.3. The number of hydrogen-bond acceptors (Lipinski definition) is 6. The maximum absolute atomic E-state index is 12.9. The molecule has 0 radical (unpaired) electrons. The van der Waals surface area contributed by atoms with Gasteiger partial charge < -0.3 is 14.2 Å². The molecule has 6 nitrogen and oxygen atoms in total. The predicted molar refractivity (Wildman–Crippen MR) is 348 cm³/mol. The third-order valence-electron chi connectivity index (χ3n) is 14.5. The molecule has 0 saturated carbocycles. The first-order valence-electron chi connectivity index (χ1n) is 33.9. The molecule has 0 aliphatic carbocycles. The van der Waals surface area contributed by atoms with E-state index in [-0.39, 0.29) is 37.5 Å². The number of unbranched alkanes of at least 4 members (excludes halogenated alkanes) is 32. The third-order valence-corrected chi connectivity index (χ3v) is 14.5. The highest BCUT2D eigenvalue weighted by atomic mass is 16.6. The topological polar surface area (TPSA) is 78.9 Å². The normalized spacial score (nSPS) is 12.8. The van der Waals surface area contributed by atoms with Crippen LogP contribution in [0.2, 0.25) is 0 Å². The van der Waals surface area contributed by atoms with E-state index in [1.54, 1.807) is 0 Å². The van der Waals surface area contributed by atoms with Crippen molar-refractivity contribution in [2.24, 2.45) is 0 Å². The first kappa shape index (κ1) is 76.1. The smallest absolute Gasteiger partial charge is 0.306 e. The lowest BCUT2D eigenvalue weighted by Gasteiger charge is -2.18. The molecule has 0 fully saturated rings. The molecule has 458 valence electrons. The molecule has 0 N–H and O–H groups in total. The molecule has 1 atom stereocenters. The fourth-order valence-corrected chi connectivity index (χ4v) is 9.44. The zero-order chi connectivity index (χ0) is 57.8. The summed E-state index contributed by atoms with van der Waals surface area (Å²) >= 11 is 0. The van der Waals surface area contributed by atoms with Crippen LogP contribution in [0.3, 0.4) is 0 Å². The second kappa shape index (κ2) is 67.6. The zero-order valence-electron chi connectivity index (χ0n) is 52.6. The Morgan fingerprint density at radius 3 is 0.850 bits per heavy atom. The molecule has 6 heteroatoms. The maximum atomic E-state index is 12.9. The van der Waals surface area contributed by atoms with Crippen LogP contribution in [0.5, 0.6) is 0 Å². The van der Waals surface area contributed by atoms with Crippen molar-refractivity contribution < 1.29 is 28.6 Å². The molecule has 0 spiro atoms. The van der Waals surface area contributed by atoms with E-state index in [1.165, 1.54) is 173 Å². The minimum Gasteiger partial charge on any atom is -0.462 e. The summed E-state index contributed by atoms with van der Waals surface area (Å²) in [5.41, 5.74) is 0. The highest BCUT2D eigenvalue weighted by Gasteiger charge is 2.19. The fourth-order valence-electron chi connectivity index (χ4n) is 9.44. The average Bonchev–Trinajstić information content (AvgIpc) is 3.46. The van der Waals surface area contributed by atoms with Gasteiger partial charge in [0.1, 0.15) is 13.2 Å². The van der Waals surface area contributed by atoms with Crippen molar-refractivity contribution >= 4 is 17.9 Å². The van der Waals surface area contributed by atoms with Gasteiger partial charge in [-0.25, -0.2) is 0 Å². The lowest BCUT2D eigenvalue weighted by Crippen LogP contribution is -2.30. The van der Waals surface area contributed by atoms with E-state index >= 15 is 0 Å². The molecule has 0 saturated heterocycles. The summed E-state index contributed by atoms with van der Waals surface area (Å²) in [5, 5.41) is 0. The van der Waals surface area contributed by atoms with Crippen LogP contribution in [0.4, 0.5) is 0 Å². The van der Waals surface area contributed by atoms with Crippen molar-refractivity contribution in [2.75, 3.05) is 13.2 Å². The van der Waals surface area contributed by atoms with E-state index < -0.39 is 6.10 Å². The van der Waals surface area contributed by atoms with Gasteiger partial charge in [-0.05, 0) is 116 Å². The van der Waals surface area contributed by atoms with Crippen molar-refractivity contribution in [3.05, 3.63) is 109 Å². The summed E-state index contributed by atoms with van der Waals surface area (Å²) in [6.45, 7) is 6.44. The van der Waals surface area contributed by atoms with Crippen molar-refractivity contribution in [1.82, 2.24) is 0 Å². The summed E-state index contributed by atoms with van der Waals surface area (Å²) < 4.78 is 16.8. The molecule has 1 unspecified atom stereocenters. The molecule has 80 heavy (non-hydrogen) atoms. The first-order chi connectivity index (χ1) is 39.5. The third kappa shape index (κ3) is 64.9. The molecular formula is C74H126O6. The zero-order valence-corrected chi connectivity index (χ0v) is 52.6. The summed E-state index contributed by atoms with van der Waals surface area (Å²) in [6, 6.07) is 0. The molecule has 0 rings (SSSR count). The number of hydrogen-bond donors (Lipinski definition) is 0. The number of ether oxygens (including phenoxy) is 3. The Labute approximate surface area is 495 Å². The van der Waals surface area contributed by atoms with Gasteiger partial charge in [-0.1, -0.05) is 297 Å². The second-order valence-electron chi connectivity index (χ2n) is 22.3. The highest BCUT2D eigenvalue weighted by Crippen LogP contribution is 2.17. The van der Waals surface area contributed by atoms with E-state index in [4.69, 9.17) is 14.2 Å². The average molecular weight is 1110 g/mol. The molecule has 0 amide bonds. The van der Waals surface area contributed by atoms with Crippen LogP contribution in [0.15, 0.2) is 109 Å². The summed E-state index contributed by atoms with van der Waals surface area (Å²) in [5.74, 6) is -0.996. The number of rotatable bonds is 61. The lowest BCUT2D eigenvalue weighted by molar-refractivity contribution is -0.166. The summed E-state index contributed by atoms with van der Waals surface area (Å²) in [6.07, 6.45) is 92.8. The van der Waals surface area contributed by atoms with Crippen LogP contribution in [-0.2, 0) is 28.6 Å². The number of carbonyl (C=O) groups is 3. The van der Waals surface area contributed by atoms with Gasteiger partial charge in [0.15, 0.2) is 6.10 Å². The van der Waals surface area contributed by atoms with E-state index in [2.05, 4.69) is 124 Å². The van der Waals surface area contributed by atoms with Gasteiger partial charge in [0.2, 0.25) is 0 Å². The maximum Gasteiger partial charge on any atom is 0.306 e. The van der Waals surface area contributed by atoms with Crippen molar-refractivity contribution in [3.63, 3.8) is 0 Å². The predicted octanol–water partition coefficient (Wildman–Crippen LogP) is 23.4. The highest BCUT2D eigenvalue weighted by molar-refractivity contribution is 5.71. The molecule has 0 bridgehead atoms. The molecule has 0 aromatic heterocycles. The van der Waals surface area contributed by atoms with Crippen LogP contribution in [0.25, 0.3) is 0 Å². The van der Waals surface area contributed by atoms with E-state index in [0.29, 0.717) is 19.3 Å². The largest absolute Gasteiger partial charge is 0.462 e. The number of allylic oxidation sites excluding steroid dienone is 18. The quantitative estimate of drug-likeness (QED) is 0.0261. The minimum atomic E-state index is -0.815. The standard InChI is InChI=1S/C74H126O6/c1-4-7-10-13-16-19-22-25-27-29-30-31-32-33-34-35-36-37-38-39-40-41-42-43-44-45-47-49-52-55-58-61-64-67-73(76)79-70-71(69-78-72(75)66-63-60-57-54-51-48-24-21-18-15-12-9-6-3)80-74(77)68-65-62-59-56-53-50-46-28-26-23-20-17-14-11-8-5-2/h9,12,18,20-23,25,28-30,32-33,46,48,51,57,60,71H,4-8,10-11,13-17,19,24,26-27,31,34-45,47,49-50,52-56,58-59,61-70H2,1-3H3/b12-9-,21-18-,23-20-,25-22-,30-29-,33-32-,46-28-,51-48-,60-57-. The van der Waals surface area contributed by atoms with Crippen LogP contribution in [-0.4, -0.2) is 37.2 Å². The van der Waals surface area contributed by atoms with Gasteiger partial charge in [-0.15, -0.1) is 0 Å². The van der Waals surface area contributed by atoms with Gasteiger partial charge in [0.25, 0.3) is 0 Å². The van der Waals surface area contributed by atoms with E-state index in [9.17, 15) is 14.4 Å². The van der Waals surface area contributed by atoms with Crippen LogP contribution >= 0.6 is 0 Å². The van der Waals surface area contributed by atoms with Gasteiger partial charge in [-0.3, -0.25) is 14.4 Å². The van der Waals surface area contributed by atoms with E-state index in [1.807, 2.05) is 6.08 Å². The Hall–Kier alpha value is -3.93. The Bertz CT molecular complexity index is 1610. The first-order valence-corrected chi connectivity index (χ1v) is 33.9. The van der Waals surface area contributed by atoms with Crippen molar-refractivity contribution in [2.45, 2.75) is 329 Å². The molecule has 0 aliphatic heterocycles. The fraction of sp³-hybridized carbons (Fsp3) is 0.716. The molecule has 0 aliphatic rings.